The smallest absolute Gasteiger partial charge is 0.213 e. The molecule has 2 aromatic carbocycles. The maximum atomic E-state index is 5.01. The molecule has 0 atom stereocenters. The molecule has 0 spiro atoms. The first-order valence-electron chi connectivity index (χ1n) is 5.80. The minimum atomic E-state index is 0.661. The fourth-order valence-electron chi connectivity index (χ4n) is 1.55. The van der Waals surface area contributed by atoms with Gasteiger partial charge in [-0.15, -0.1) is 0 Å². The summed E-state index contributed by atoms with van der Waals surface area (Å²) in [7, 11) is 1.62. The summed E-state index contributed by atoms with van der Waals surface area (Å²) in [6, 6.07) is 23.8. The Morgan fingerprint density at radius 3 is 1.94 bits per heavy atom. The molecule has 0 N–H and O–H groups in total. The zero-order chi connectivity index (χ0) is 12.6. The van der Waals surface area contributed by atoms with Gasteiger partial charge in [0, 0.05) is 11.5 Å². The van der Waals surface area contributed by atoms with Crippen molar-refractivity contribution < 1.29 is 4.74 Å². The van der Waals surface area contributed by atoms with E-state index in [0.717, 1.165) is 10.9 Å². The van der Waals surface area contributed by atoms with Crippen LogP contribution in [0.5, 0.6) is 5.88 Å². The lowest BCUT2D eigenvalue weighted by molar-refractivity contribution is 0.399. The Hall–Kier alpha value is -2.35. The summed E-state index contributed by atoms with van der Waals surface area (Å²) in [6.45, 7) is 0. The summed E-state index contributed by atoms with van der Waals surface area (Å²) in [4.78, 5) is 4.27. The summed E-state index contributed by atoms with van der Waals surface area (Å²) >= 11 is 0. The summed E-state index contributed by atoms with van der Waals surface area (Å²) in [5.74, 6) is 0.661. The van der Waals surface area contributed by atoms with E-state index in [4.69, 9.17) is 4.74 Å². The lowest BCUT2D eigenvalue weighted by Gasteiger charge is -1.99. The van der Waals surface area contributed by atoms with Crippen molar-refractivity contribution in [3.8, 4) is 5.88 Å². The van der Waals surface area contributed by atoms with Crippen molar-refractivity contribution in [1.82, 2.24) is 4.98 Å². The molecular formula is C16H15NO. The highest BCUT2D eigenvalue weighted by Gasteiger charge is 1.94. The van der Waals surface area contributed by atoms with Crippen molar-refractivity contribution in [3.05, 3.63) is 72.8 Å². The molecule has 0 radical (unpaired) electrons. The second kappa shape index (κ2) is 6.40. The number of rotatable bonds is 1. The number of fused-ring (bicyclic) bond motifs is 1. The molecule has 90 valence electrons. The Morgan fingerprint density at radius 2 is 1.33 bits per heavy atom. The first kappa shape index (κ1) is 12.1. The quantitative estimate of drug-likeness (QED) is 0.639. The van der Waals surface area contributed by atoms with Gasteiger partial charge in [0.15, 0.2) is 0 Å². The van der Waals surface area contributed by atoms with E-state index in [-0.39, 0.29) is 0 Å². The largest absolute Gasteiger partial charge is 0.481 e. The van der Waals surface area contributed by atoms with Gasteiger partial charge in [-0.2, -0.15) is 0 Å². The molecule has 2 heteroatoms. The van der Waals surface area contributed by atoms with Crippen LogP contribution in [0, 0.1) is 0 Å². The van der Waals surface area contributed by atoms with Crippen LogP contribution in [0.15, 0.2) is 72.8 Å². The van der Waals surface area contributed by atoms with Crippen molar-refractivity contribution >= 4 is 10.9 Å². The average molecular weight is 237 g/mol. The average Bonchev–Trinajstić information content (AvgIpc) is 2.49. The molecule has 3 aromatic rings. The molecule has 0 amide bonds. The molecule has 1 aromatic heterocycles. The number of hydrogen-bond acceptors (Lipinski definition) is 2. The van der Waals surface area contributed by atoms with E-state index in [1.165, 1.54) is 0 Å². The SMILES string of the molecule is COc1ccc2ccccc2n1.c1ccccc1. The number of pyridine rings is 1. The van der Waals surface area contributed by atoms with Gasteiger partial charge in [-0.3, -0.25) is 0 Å². The zero-order valence-electron chi connectivity index (χ0n) is 10.3. The second-order valence-corrected chi connectivity index (χ2v) is 3.70. The molecule has 0 saturated carbocycles. The van der Waals surface area contributed by atoms with E-state index >= 15 is 0 Å². The van der Waals surface area contributed by atoms with Gasteiger partial charge in [0.05, 0.1) is 12.6 Å². The zero-order valence-corrected chi connectivity index (χ0v) is 10.3. The summed E-state index contributed by atoms with van der Waals surface area (Å²) in [5.41, 5.74) is 0.969. The molecule has 18 heavy (non-hydrogen) atoms. The molecule has 0 unspecified atom stereocenters. The number of methoxy groups -OCH3 is 1. The molecule has 1 heterocycles. The topological polar surface area (TPSA) is 22.1 Å². The Morgan fingerprint density at radius 1 is 0.722 bits per heavy atom. The van der Waals surface area contributed by atoms with E-state index in [2.05, 4.69) is 4.98 Å². The fraction of sp³-hybridized carbons (Fsp3) is 0.0625. The van der Waals surface area contributed by atoms with Crippen LogP contribution in [-0.2, 0) is 0 Å². The standard InChI is InChI=1S/C10H9NO.C6H6/c1-12-10-7-6-8-4-2-3-5-9(8)11-10;1-2-4-6-5-3-1/h2-7H,1H3;1-6H. The molecule has 0 fully saturated rings. The van der Waals surface area contributed by atoms with Gasteiger partial charge in [-0.1, -0.05) is 54.6 Å². The molecule has 2 nitrogen and oxygen atoms in total. The van der Waals surface area contributed by atoms with E-state index in [0.29, 0.717) is 5.88 Å². The van der Waals surface area contributed by atoms with Crippen LogP contribution in [-0.4, -0.2) is 12.1 Å². The van der Waals surface area contributed by atoms with Gasteiger partial charge < -0.3 is 4.74 Å². The van der Waals surface area contributed by atoms with Gasteiger partial charge >= 0.3 is 0 Å². The second-order valence-electron chi connectivity index (χ2n) is 3.70. The summed E-state index contributed by atoms with van der Waals surface area (Å²) in [6.07, 6.45) is 0. The highest BCUT2D eigenvalue weighted by atomic mass is 16.5. The highest BCUT2D eigenvalue weighted by molar-refractivity contribution is 5.78. The van der Waals surface area contributed by atoms with Gasteiger partial charge in [0.1, 0.15) is 0 Å². The Bertz CT molecular complexity index is 566. The number of hydrogen-bond donors (Lipinski definition) is 0. The van der Waals surface area contributed by atoms with Gasteiger partial charge in [-0.25, -0.2) is 4.98 Å². The Kier molecular flexibility index (Phi) is 4.31. The van der Waals surface area contributed by atoms with Crippen molar-refractivity contribution in [2.45, 2.75) is 0 Å². The molecule has 0 bridgehead atoms. The fourth-order valence-corrected chi connectivity index (χ4v) is 1.55. The molecule has 0 aliphatic heterocycles. The monoisotopic (exact) mass is 237 g/mol. The van der Waals surface area contributed by atoms with Crippen molar-refractivity contribution in [1.29, 1.82) is 0 Å². The van der Waals surface area contributed by atoms with Crippen LogP contribution in [0.2, 0.25) is 0 Å². The van der Waals surface area contributed by atoms with E-state index < -0.39 is 0 Å². The predicted octanol–water partition coefficient (Wildman–Crippen LogP) is 3.93. The van der Waals surface area contributed by atoms with Crippen molar-refractivity contribution in [3.63, 3.8) is 0 Å². The van der Waals surface area contributed by atoms with Gasteiger partial charge in [0.2, 0.25) is 5.88 Å². The predicted molar refractivity (Wildman–Crippen MR) is 74.7 cm³/mol. The lowest BCUT2D eigenvalue weighted by atomic mass is 10.2. The summed E-state index contributed by atoms with van der Waals surface area (Å²) < 4.78 is 5.01. The maximum absolute atomic E-state index is 5.01. The number of nitrogens with zero attached hydrogens (tertiary/aromatic N) is 1. The lowest BCUT2D eigenvalue weighted by Crippen LogP contribution is -1.86. The third-order valence-corrected chi connectivity index (χ3v) is 2.45. The van der Waals surface area contributed by atoms with E-state index in [1.54, 1.807) is 7.11 Å². The van der Waals surface area contributed by atoms with Crippen LogP contribution in [0.3, 0.4) is 0 Å². The summed E-state index contributed by atoms with van der Waals surface area (Å²) in [5, 5.41) is 1.14. The normalized spacial score (nSPS) is 9.39. The van der Waals surface area contributed by atoms with Crippen LogP contribution in [0.1, 0.15) is 0 Å². The molecular weight excluding hydrogens is 222 g/mol. The molecule has 0 aliphatic carbocycles. The number of aromatic nitrogens is 1. The first-order valence-corrected chi connectivity index (χ1v) is 5.80. The van der Waals surface area contributed by atoms with Gasteiger partial charge in [0.25, 0.3) is 0 Å². The number of ether oxygens (including phenoxy) is 1. The molecule has 0 aliphatic rings. The number of benzene rings is 2. The van der Waals surface area contributed by atoms with Crippen LogP contribution < -0.4 is 4.74 Å². The van der Waals surface area contributed by atoms with Gasteiger partial charge in [-0.05, 0) is 12.1 Å². The third kappa shape index (κ3) is 3.32. The molecule has 3 rings (SSSR count). The molecule has 0 saturated heterocycles. The van der Waals surface area contributed by atoms with Crippen molar-refractivity contribution in [2.24, 2.45) is 0 Å². The Labute approximate surface area is 107 Å². The van der Waals surface area contributed by atoms with Crippen LogP contribution in [0.4, 0.5) is 0 Å². The van der Waals surface area contributed by atoms with Crippen molar-refractivity contribution in [2.75, 3.05) is 7.11 Å². The highest BCUT2D eigenvalue weighted by Crippen LogP contribution is 2.15. The van der Waals surface area contributed by atoms with Crippen LogP contribution in [0.25, 0.3) is 10.9 Å². The first-order chi connectivity index (χ1) is 8.90. The Balaban J connectivity index is 0.000000169. The van der Waals surface area contributed by atoms with Crippen LogP contribution >= 0.6 is 0 Å². The van der Waals surface area contributed by atoms with E-state index in [1.807, 2.05) is 72.8 Å². The number of para-hydroxylation sites is 1. The minimum Gasteiger partial charge on any atom is -0.481 e. The maximum Gasteiger partial charge on any atom is 0.213 e. The third-order valence-electron chi connectivity index (χ3n) is 2.45. The van der Waals surface area contributed by atoms with E-state index in [9.17, 15) is 0 Å². The minimum absolute atomic E-state index is 0.661.